The zero-order valence-electron chi connectivity index (χ0n) is 18.6. The van der Waals surface area contributed by atoms with Gasteiger partial charge in [-0.25, -0.2) is 19.2 Å². The van der Waals surface area contributed by atoms with Crippen molar-refractivity contribution < 1.29 is 31.8 Å². The quantitative estimate of drug-likeness (QED) is 0.308. The van der Waals surface area contributed by atoms with E-state index in [2.05, 4.69) is 35.5 Å². The average Bonchev–Trinajstić information content (AvgIpc) is 3.45. The van der Waals surface area contributed by atoms with Crippen LogP contribution in [0.25, 0.3) is 5.65 Å². The summed E-state index contributed by atoms with van der Waals surface area (Å²) in [4.78, 5) is 20.0. The number of nitrogens with one attached hydrogen (secondary N) is 3. The molecule has 3 aromatic heterocycles. The first-order chi connectivity index (χ1) is 16.5. The molecule has 0 aromatic carbocycles. The van der Waals surface area contributed by atoms with Crippen molar-refractivity contribution in [3.05, 3.63) is 34.9 Å². The fourth-order valence-corrected chi connectivity index (χ4v) is 3.99. The summed E-state index contributed by atoms with van der Waals surface area (Å²) in [7, 11) is 0. The van der Waals surface area contributed by atoms with Gasteiger partial charge in [-0.1, -0.05) is 11.6 Å². The molecule has 3 aromatic rings. The van der Waals surface area contributed by atoms with E-state index in [1.54, 1.807) is 19.9 Å². The number of aromatic nitrogens is 5. The van der Waals surface area contributed by atoms with Crippen LogP contribution in [0.1, 0.15) is 44.0 Å². The molecule has 0 bridgehead atoms. The molecule has 0 unspecified atom stereocenters. The highest BCUT2D eigenvalue weighted by molar-refractivity contribution is 6.29. The number of aromatic amines is 1. The summed E-state index contributed by atoms with van der Waals surface area (Å²) >= 11 is 6.03. The van der Waals surface area contributed by atoms with Gasteiger partial charge in [0, 0.05) is 36.0 Å². The number of H-pyrrole nitrogens is 1. The highest BCUT2D eigenvalue weighted by atomic mass is 35.5. The van der Waals surface area contributed by atoms with Gasteiger partial charge in [-0.05, 0) is 26.7 Å². The number of ether oxygens (including phenoxy) is 2. The third-order valence-corrected chi connectivity index (χ3v) is 5.45. The Morgan fingerprint density at radius 2 is 2.09 bits per heavy atom. The van der Waals surface area contributed by atoms with E-state index in [1.165, 1.54) is 16.7 Å². The SMILES string of the molecule is CC(C)NC(=O)O[C@H]1CC[C@@H](c2cc(Nc3nc(Cl)cc4nc(COC(F)(F)F)cn34)n[nH]2)[C@@H]1F. The van der Waals surface area contributed by atoms with Gasteiger partial charge in [0.15, 0.2) is 5.82 Å². The number of anilines is 2. The van der Waals surface area contributed by atoms with E-state index in [9.17, 15) is 22.4 Å². The predicted molar refractivity (Wildman–Crippen MR) is 116 cm³/mol. The Hall–Kier alpha value is -3.13. The Labute approximate surface area is 201 Å². The largest absolute Gasteiger partial charge is 0.522 e. The number of alkyl carbamates (subject to hydrolysis) is 1. The Balaban J connectivity index is 1.46. The smallest absolute Gasteiger partial charge is 0.443 e. The zero-order chi connectivity index (χ0) is 25.3. The van der Waals surface area contributed by atoms with Crippen molar-refractivity contribution in [3.63, 3.8) is 0 Å². The van der Waals surface area contributed by atoms with E-state index in [4.69, 9.17) is 16.3 Å². The van der Waals surface area contributed by atoms with Gasteiger partial charge in [0.05, 0.1) is 12.3 Å². The number of amides is 1. The molecule has 1 amide bonds. The average molecular weight is 520 g/mol. The molecule has 35 heavy (non-hydrogen) atoms. The van der Waals surface area contributed by atoms with Gasteiger partial charge in [0.2, 0.25) is 5.95 Å². The number of hydrogen-bond donors (Lipinski definition) is 3. The van der Waals surface area contributed by atoms with Gasteiger partial charge < -0.3 is 15.4 Å². The minimum absolute atomic E-state index is 0.0101. The molecule has 3 N–H and O–H groups in total. The van der Waals surface area contributed by atoms with Gasteiger partial charge in [0.25, 0.3) is 0 Å². The molecule has 15 heteroatoms. The number of hydrogen-bond acceptors (Lipinski definition) is 7. The summed E-state index contributed by atoms with van der Waals surface area (Å²) in [5.41, 5.74) is 0.734. The normalized spacial score (nSPS) is 20.5. The molecule has 3 atom stereocenters. The van der Waals surface area contributed by atoms with Crippen molar-refractivity contribution in [1.29, 1.82) is 0 Å². The van der Waals surface area contributed by atoms with Crippen molar-refractivity contribution in [3.8, 4) is 0 Å². The first-order valence-electron chi connectivity index (χ1n) is 10.7. The maximum absolute atomic E-state index is 15.0. The molecule has 1 aliphatic rings. The second-order valence-corrected chi connectivity index (χ2v) is 8.69. The molecule has 1 fully saturated rings. The van der Waals surface area contributed by atoms with Gasteiger partial charge in [0.1, 0.15) is 23.1 Å². The van der Waals surface area contributed by atoms with E-state index in [-0.39, 0.29) is 34.3 Å². The summed E-state index contributed by atoms with van der Waals surface area (Å²) in [5.74, 6) is -0.167. The number of imidazole rings is 1. The van der Waals surface area contributed by atoms with Crippen LogP contribution < -0.4 is 10.6 Å². The summed E-state index contributed by atoms with van der Waals surface area (Å²) < 4.78 is 62.5. The van der Waals surface area contributed by atoms with Crippen LogP contribution in [-0.2, 0) is 16.1 Å². The standard InChI is InChI=1S/C20H22ClF4N7O3/c1-9(2)26-19(33)35-13-4-3-11(17(13)22)12-5-15(31-30-12)29-18-28-14(21)6-16-27-10(7-32(16)18)8-34-20(23,24)25/h5-7,9,11,13,17H,3-4,8H2,1-2H3,(H,26,33)(H2,28,29,30,31)/t11-,13-,17-/m0/s1. The summed E-state index contributed by atoms with van der Waals surface area (Å²) in [6.45, 7) is 2.76. The summed E-state index contributed by atoms with van der Waals surface area (Å²) in [6.07, 6.45) is -5.66. The highest BCUT2D eigenvalue weighted by Gasteiger charge is 2.41. The lowest BCUT2D eigenvalue weighted by Crippen LogP contribution is -2.36. The molecule has 4 rings (SSSR count). The molecule has 0 spiro atoms. The number of carbonyl (C=O) groups is 1. The Morgan fingerprint density at radius 3 is 2.80 bits per heavy atom. The van der Waals surface area contributed by atoms with Crippen LogP contribution in [-0.4, -0.2) is 55.3 Å². The Kier molecular flexibility index (Phi) is 7.03. The van der Waals surface area contributed by atoms with Gasteiger partial charge in [-0.15, -0.1) is 13.2 Å². The number of fused-ring (bicyclic) bond motifs is 1. The third kappa shape index (κ3) is 6.11. The molecule has 0 radical (unpaired) electrons. The summed E-state index contributed by atoms with van der Waals surface area (Å²) in [5, 5.41) is 12.4. The van der Waals surface area contributed by atoms with Crippen molar-refractivity contribution in [1.82, 2.24) is 29.9 Å². The van der Waals surface area contributed by atoms with E-state index in [1.807, 2.05) is 0 Å². The van der Waals surface area contributed by atoms with Crippen LogP contribution in [0.3, 0.4) is 0 Å². The predicted octanol–water partition coefficient (Wildman–Crippen LogP) is 4.60. The number of rotatable bonds is 7. The van der Waals surface area contributed by atoms with Crippen molar-refractivity contribution >= 4 is 35.1 Å². The van der Waals surface area contributed by atoms with E-state index in [0.717, 1.165) is 0 Å². The van der Waals surface area contributed by atoms with Crippen LogP contribution in [0.4, 0.5) is 34.1 Å². The Bertz CT molecular complexity index is 1200. The van der Waals surface area contributed by atoms with E-state index < -0.39 is 37.3 Å². The minimum atomic E-state index is -4.80. The number of carbonyl (C=O) groups excluding carboxylic acids is 1. The second kappa shape index (κ2) is 9.85. The molecule has 1 saturated carbocycles. The first-order valence-corrected chi connectivity index (χ1v) is 11.0. The maximum atomic E-state index is 15.0. The third-order valence-electron chi connectivity index (χ3n) is 5.26. The van der Waals surface area contributed by atoms with Crippen LogP contribution in [0, 0.1) is 0 Å². The monoisotopic (exact) mass is 519 g/mol. The van der Waals surface area contributed by atoms with Crippen molar-refractivity contribution in [2.24, 2.45) is 0 Å². The van der Waals surface area contributed by atoms with Crippen LogP contribution >= 0.6 is 11.6 Å². The van der Waals surface area contributed by atoms with Crippen LogP contribution in [0.15, 0.2) is 18.3 Å². The van der Waals surface area contributed by atoms with Gasteiger partial charge in [-0.2, -0.15) is 5.10 Å². The fourth-order valence-electron chi connectivity index (χ4n) is 3.81. The topological polar surface area (TPSA) is 118 Å². The van der Waals surface area contributed by atoms with Crippen LogP contribution in [0.2, 0.25) is 5.15 Å². The lowest BCUT2D eigenvalue weighted by atomic mass is 10.0. The van der Waals surface area contributed by atoms with Crippen molar-refractivity contribution in [2.45, 2.75) is 63.9 Å². The molecular weight excluding hydrogens is 498 g/mol. The fraction of sp³-hybridized carbons (Fsp3) is 0.500. The molecule has 10 nitrogen and oxygen atoms in total. The van der Waals surface area contributed by atoms with Crippen molar-refractivity contribution in [2.75, 3.05) is 5.32 Å². The Morgan fingerprint density at radius 1 is 1.31 bits per heavy atom. The lowest BCUT2D eigenvalue weighted by Gasteiger charge is -2.18. The molecule has 0 aliphatic heterocycles. The number of alkyl halides is 4. The highest BCUT2D eigenvalue weighted by Crippen LogP contribution is 2.38. The summed E-state index contributed by atoms with van der Waals surface area (Å²) in [6, 6.07) is 2.82. The molecule has 3 heterocycles. The first kappa shape index (κ1) is 25.0. The molecule has 190 valence electrons. The molecular formula is C20H22ClF4N7O3. The van der Waals surface area contributed by atoms with Gasteiger partial charge in [-0.3, -0.25) is 14.2 Å². The molecule has 1 aliphatic carbocycles. The number of nitrogens with zero attached hydrogens (tertiary/aromatic N) is 4. The van der Waals surface area contributed by atoms with E-state index >= 15 is 0 Å². The van der Waals surface area contributed by atoms with Crippen LogP contribution in [0.5, 0.6) is 0 Å². The lowest BCUT2D eigenvalue weighted by molar-refractivity contribution is -0.330. The van der Waals surface area contributed by atoms with E-state index in [0.29, 0.717) is 18.5 Å². The minimum Gasteiger partial charge on any atom is -0.443 e. The van der Waals surface area contributed by atoms with Gasteiger partial charge >= 0.3 is 12.5 Å². The number of halogens is 5. The maximum Gasteiger partial charge on any atom is 0.522 e. The zero-order valence-corrected chi connectivity index (χ0v) is 19.3. The molecule has 0 saturated heterocycles. The second-order valence-electron chi connectivity index (χ2n) is 8.30.